The first-order valence-electron chi connectivity index (χ1n) is 14.3. The van der Waals surface area contributed by atoms with Gasteiger partial charge in [0.2, 0.25) is 0 Å². The number of amidine groups is 1. The van der Waals surface area contributed by atoms with E-state index in [-0.39, 0.29) is 46.5 Å². The number of amides is 1. The van der Waals surface area contributed by atoms with Crippen molar-refractivity contribution in [2.75, 3.05) is 6.54 Å². The van der Waals surface area contributed by atoms with Crippen molar-refractivity contribution in [1.82, 2.24) is 5.32 Å². The Balaban J connectivity index is 0.00000197. The second-order valence-corrected chi connectivity index (χ2v) is 12.8. The molecule has 7 nitrogen and oxygen atoms in total. The first-order valence-corrected chi connectivity index (χ1v) is 15.7. The zero-order valence-electron chi connectivity index (χ0n) is 25.1. The fourth-order valence-corrected chi connectivity index (χ4v) is 5.81. The highest BCUT2D eigenvalue weighted by molar-refractivity contribution is 7.90. The summed E-state index contributed by atoms with van der Waals surface area (Å²) in [4.78, 5) is 12.9. The maximum atomic E-state index is 13.0. The van der Waals surface area contributed by atoms with E-state index in [4.69, 9.17) is 11.1 Å². The van der Waals surface area contributed by atoms with Gasteiger partial charge < -0.3 is 16.5 Å². The van der Waals surface area contributed by atoms with Crippen LogP contribution >= 0.6 is 0 Å². The van der Waals surface area contributed by atoms with Gasteiger partial charge in [-0.25, -0.2) is 0 Å². The summed E-state index contributed by atoms with van der Waals surface area (Å²) in [7, 11) is -4.06. The molecule has 4 N–H and O–H groups in total. The molecule has 3 rings (SSSR count). The number of halogens is 3. The SMILES string of the molecule is CCC.Cc1cc(C(F)(F)F)ccc1C(=O)NCC1(c2ccc(S(=O)(=O)/N=C(\N)CC(=N)C(C)C)cc2)CCCCC1. The Morgan fingerprint density at radius 2 is 1.64 bits per heavy atom. The van der Waals surface area contributed by atoms with Crippen LogP contribution in [0, 0.1) is 18.3 Å². The highest BCUT2D eigenvalue weighted by atomic mass is 32.2. The molecular formula is C31H43F3N4O3S. The minimum atomic E-state index is -4.49. The Morgan fingerprint density at radius 3 is 2.14 bits per heavy atom. The van der Waals surface area contributed by atoms with E-state index in [9.17, 15) is 26.4 Å². The lowest BCUT2D eigenvalue weighted by Gasteiger charge is -2.38. The first kappa shape index (κ1) is 35.0. The van der Waals surface area contributed by atoms with Crippen LogP contribution in [0.15, 0.2) is 51.8 Å². The number of hydrogen-bond acceptors (Lipinski definition) is 4. The van der Waals surface area contributed by atoms with Gasteiger partial charge in [0, 0.05) is 29.7 Å². The summed E-state index contributed by atoms with van der Waals surface area (Å²) in [5, 5.41) is 10.8. The molecule has 2 aromatic carbocycles. The van der Waals surface area contributed by atoms with Crippen LogP contribution in [0.1, 0.15) is 99.7 Å². The second-order valence-electron chi connectivity index (χ2n) is 11.2. The lowest BCUT2D eigenvalue weighted by molar-refractivity contribution is -0.137. The first-order chi connectivity index (χ1) is 19.6. The molecule has 0 heterocycles. The van der Waals surface area contributed by atoms with E-state index >= 15 is 0 Å². The van der Waals surface area contributed by atoms with E-state index in [1.165, 1.54) is 31.5 Å². The lowest BCUT2D eigenvalue weighted by atomic mass is 9.69. The fraction of sp³-hybridized carbons (Fsp3) is 0.516. The molecule has 232 valence electrons. The standard InChI is InChI=1S/C28H35F3N4O3S.C3H8/c1-18(2)24(32)16-25(33)35-39(37,38)22-10-7-20(8-11-22)27(13-5-4-6-14-27)17-34-26(36)23-12-9-21(15-19(23)3)28(29,30)31;1-3-2/h7-12,15,18,32H,4-6,13-14,16-17H2,1-3H3,(H2,33,35)(H,34,36);3H2,1-2H3. The van der Waals surface area contributed by atoms with Crippen LogP contribution in [-0.4, -0.2) is 32.4 Å². The third-order valence-corrected chi connectivity index (χ3v) is 8.61. The number of nitrogens with zero attached hydrogens (tertiary/aromatic N) is 1. The molecule has 0 aliphatic heterocycles. The quantitative estimate of drug-likeness (QED) is 0.206. The van der Waals surface area contributed by atoms with Gasteiger partial charge in [0.25, 0.3) is 15.9 Å². The van der Waals surface area contributed by atoms with Crippen molar-refractivity contribution in [1.29, 1.82) is 5.41 Å². The summed E-state index contributed by atoms with van der Waals surface area (Å²) in [6, 6.07) is 9.42. The zero-order chi connectivity index (χ0) is 31.7. The van der Waals surface area contributed by atoms with Crippen molar-refractivity contribution < 1.29 is 26.4 Å². The van der Waals surface area contributed by atoms with E-state index in [0.717, 1.165) is 49.8 Å². The molecule has 1 aliphatic carbocycles. The number of benzene rings is 2. The molecule has 1 aliphatic rings. The van der Waals surface area contributed by atoms with Crippen molar-refractivity contribution >= 4 is 27.5 Å². The van der Waals surface area contributed by atoms with Crippen molar-refractivity contribution in [2.45, 2.75) is 96.1 Å². The number of aryl methyl sites for hydroxylation is 1. The van der Waals surface area contributed by atoms with Gasteiger partial charge in [-0.15, -0.1) is 4.40 Å². The summed E-state index contributed by atoms with van der Waals surface area (Å²) < 4.78 is 68.3. The van der Waals surface area contributed by atoms with Gasteiger partial charge in [0.05, 0.1) is 10.5 Å². The molecule has 1 fully saturated rings. The minimum Gasteiger partial charge on any atom is -0.386 e. The molecule has 0 spiro atoms. The smallest absolute Gasteiger partial charge is 0.386 e. The van der Waals surface area contributed by atoms with E-state index in [1.54, 1.807) is 12.1 Å². The zero-order valence-corrected chi connectivity index (χ0v) is 25.9. The van der Waals surface area contributed by atoms with Gasteiger partial charge in [0.1, 0.15) is 5.84 Å². The van der Waals surface area contributed by atoms with Gasteiger partial charge in [-0.05, 0) is 67.1 Å². The van der Waals surface area contributed by atoms with Crippen molar-refractivity contribution in [3.8, 4) is 0 Å². The number of alkyl halides is 3. The minimum absolute atomic E-state index is 0.0272. The number of rotatable bonds is 9. The molecule has 1 amide bonds. The Bertz CT molecular complexity index is 1360. The third-order valence-electron chi connectivity index (χ3n) is 7.27. The van der Waals surface area contributed by atoms with Gasteiger partial charge in [0.15, 0.2) is 0 Å². The molecule has 0 bridgehead atoms. The second kappa shape index (κ2) is 14.8. The average molecular weight is 609 g/mol. The van der Waals surface area contributed by atoms with Crippen LogP contribution in [-0.2, 0) is 21.6 Å². The Labute approximate surface area is 247 Å². The Morgan fingerprint density at radius 1 is 1.07 bits per heavy atom. The van der Waals surface area contributed by atoms with E-state index < -0.39 is 33.1 Å². The number of carbonyl (C=O) groups is 1. The number of carbonyl (C=O) groups excluding carboxylic acids is 1. The monoisotopic (exact) mass is 608 g/mol. The fourth-order valence-electron chi connectivity index (χ4n) is 4.85. The van der Waals surface area contributed by atoms with E-state index in [0.29, 0.717) is 0 Å². The summed E-state index contributed by atoms with van der Waals surface area (Å²) in [5.74, 6) is -0.680. The molecule has 0 aromatic heterocycles. The highest BCUT2D eigenvalue weighted by Gasteiger charge is 2.35. The molecule has 0 saturated heterocycles. The Kier molecular flexibility index (Phi) is 12.3. The number of sulfonamides is 1. The summed E-state index contributed by atoms with van der Waals surface area (Å²) >= 11 is 0. The maximum absolute atomic E-state index is 13.0. The molecule has 1 saturated carbocycles. The number of nitrogens with two attached hydrogens (primary N) is 1. The van der Waals surface area contributed by atoms with Gasteiger partial charge in [-0.2, -0.15) is 21.6 Å². The normalized spacial score (nSPS) is 15.5. The maximum Gasteiger partial charge on any atom is 0.416 e. The van der Waals surface area contributed by atoms with Crippen LogP contribution in [0.2, 0.25) is 0 Å². The summed E-state index contributed by atoms with van der Waals surface area (Å²) in [6.07, 6.45) is 1.17. The average Bonchev–Trinajstić information content (AvgIpc) is 2.92. The van der Waals surface area contributed by atoms with Crippen molar-refractivity contribution in [3.05, 3.63) is 64.7 Å². The molecule has 2 aromatic rings. The van der Waals surface area contributed by atoms with Crippen LogP contribution in [0.3, 0.4) is 0 Å². The van der Waals surface area contributed by atoms with Gasteiger partial charge in [-0.1, -0.05) is 65.5 Å². The topological polar surface area (TPSA) is 125 Å². The molecule has 0 atom stereocenters. The lowest BCUT2D eigenvalue weighted by Crippen LogP contribution is -2.42. The summed E-state index contributed by atoms with van der Waals surface area (Å²) in [6.45, 7) is 9.62. The predicted octanol–water partition coefficient (Wildman–Crippen LogP) is 7.17. The van der Waals surface area contributed by atoms with Crippen LogP contribution < -0.4 is 11.1 Å². The van der Waals surface area contributed by atoms with Gasteiger partial charge in [-0.3, -0.25) is 4.79 Å². The van der Waals surface area contributed by atoms with Crippen molar-refractivity contribution in [3.63, 3.8) is 0 Å². The Hall–Kier alpha value is -3.21. The van der Waals surface area contributed by atoms with E-state index in [2.05, 4.69) is 23.6 Å². The van der Waals surface area contributed by atoms with Crippen LogP contribution in [0.25, 0.3) is 0 Å². The molecule has 0 unspecified atom stereocenters. The summed E-state index contributed by atoms with van der Waals surface area (Å²) in [5.41, 5.74) is 6.11. The molecule has 42 heavy (non-hydrogen) atoms. The predicted molar refractivity (Wildman–Crippen MR) is 162 cm³/mol. The van der Waals surface area contributed by atoms with Gasteiger partial charge >= 0.3 is 6.18 Å². The van der Waals surface area contributed by atoms with Crippen molar-refractivity contribution in [2.24, 2.45) is 16.0 Å². The van der Waals surface area contributed by atoms with E-state index in [1.807, 2.05) is 13.8 Å². The van der Waals surface area contributed by atoms with Crippen LogP contribution in [0.5, 0.6) is 0 Å². The molecule has 11 heteroatoms. The number of nitrogens with one attached hydrogen (secondary N) is 2. The molecule has 0 radical (unpaired) electrons. The number of hydrogen-bond donors (Lipinski definition) is 3. The highest BCUT2D eigenvalue weighted by Crippen LogP contribution is 2.39. The third kappa shape index (κ3) is 9.40. The molecular weight excluding hydrogens is 565 g/mol. The van der Waals surface area contributed by atoms with Crippen LogP contribution in [0.4, 0.5) is 13.2 Å². The largest absolute Gasteiger partial charge is 0.416 e.